The van der Waals surface area contributed by atoms with Crippen molar-refractivity contribution < 1.29 is 4.43 Å². The summed E-state index contributed by atoms with van der Waals surface area (Å²) in [5.41, 5.74) is 1.35. The average Bonchev–Trinajstić information content (AvgIpc) is 2.19. The van der Waals surface area contributed by atoms with Crippen molar-refractivity contribution in [1.82, 2.24) is 0 Å². The lowest BCUT2D eigenvalue weighted by molar-refractivity contribution is 0.292. The first kappa shape index (κ1) is 12.9. The molecule has 0 aliphatic heterocycles. The molecule has 1 nitrogen and oxygen atoms in total. The van der Waals surface area contributed by atoms with Crippen molar-refractivity contribution >= 4 is 24.2 Å². The molecule has 3 heteroatoms. The Morgan fingerprint density at radius 1 is 1.20 bits per heavy atom. The molecule has 0 saturated heterocycles. The number of alkyl halides is 1. The molecule has 0 heterocycles. The van der Waals surface area contributed by atoms with Gasteiger partial charge in [0.1, 0.15) is 0 Å². The Morgan fingerprint density at radius 2 is 1.80 bits per heavy atom. The molecule has 1 rings (SSSR count). The lowest BCUT2D eigenvalue weighted by atomic mass is 10.0. The van der Waals surface area contributed by atoms with E-state index in [0.29, 0.717) is 5.92 Å². The fraction of sp³-hybridized carbons (Fsp3) is 0.500. The van der Waals surface area contributed by atoms with Gasteiger partial charge in [0.25, 0.3) is 0 Å². The van der Waals surface area contributed by atoms with Crippen molar-refractivity contribution in [3.05, 3.63) is 35.9 Å². The van der Waals surface area contributed by atoms with E-state index in [0.717, 1.165) is 11.9 Å². The molecular formula is C12H19BrOSi. The lowest BCUT2D eigenvalue weighted by Crippen LogP contribution is -2.28. The molecule has 1 atom stereocenters. The highest BCUT2D eigenvalue weighted by atomic mass is 79.9. The van der Waals surface area contributed by atoms with Gasteiger partial charge in [0.05, 0.1) is 0 Å². The molecule has 1 aromatic rings. The molecular weight excluding hydrogens is 268 g/mol. The van der Waals surface area contributed by atoms with Gasteiger partial charge in [-0.25, -0.2) is 0 Å². The average molecular weight is 287 g/mol. The van der Waals surface area contributed by atoms with Crippen molar-refractivity contribution in [2.45, 2.75) is 25.6 Å². The minimum atomic E-state index is -1.39. The van der Waals surface area contributed by atoms with Crippen LogP contribution >= 0.6 is 15.9 Å². The molecule has 0 radical (unpaired) electrons. The fourth-order valence-electron chi connectivity index (χ4n) is 1.31. The van der Waals surface area contributed by atoms with E-state index in [1.54, 1.807) is 0 Å². The van der Waals surface area contributed by atoms with Gasteiger partial charge in [-0.05, 0) is 25.2 Å². The number of hydrogen-bond donors (Lipinski definition) is 0. The van der Waals surface area contributed by atoms with Crippen LogP contribution in [-0.4, -0.2) is 20.3 Å². The predicted molar refractivity (Wildman–Crippen MR) is 72.3 cm³/mol. The van der Waals surface area contributed by atoms with Crippen molar-refractivity contribution in [1.29, 1.82) is 0 Å². The highest BCUT2D eigenvalue weighted by molar-refractivity contribution is 9.09. The minimum Gasteiger partial charge on any atom is -0.417 e. The Kier molecular flexibility index (Phi) is 5.03. The van der Waals surface area contributed by atoms with Crippen LogP contribution in [0.4, 0.5) is 0 Å². The lowest BCUT2D eigenvalue weighted by Gasteiger charge is -2.22. The summed E-state index contributed by atoms with van der Waals surface area (Å²) in [7, 11) is -1.39. The number of rotatable bonds is 5. The second-order valence-electron chi connectivity index (χ2n) is 4.69. The van der Waals surface area contributed by atoms with E-state index < -0.39 is 8.32 Å². The van der Waals surface area contributed by atoms with Gasteiger partial charge >= 0.3 is 0 Å². The van der Waals surface area contributed by atoms with Gasteiger partial charge in [0.15, 0.2) is 8.32 Å². The van der Waals surface area contributed by atoms with Gasteiger partial charge in [-0.1, -0.05) is 46.3 Å². The van der Waals surface area contributed by atoms with E-state index in [1.807, 2.05) is 6.07 Å². The summed E-state index contributed by atoms with van der Waals surface area (Å²) in [6.45, 7) is 7.50. The van der Waals surface area contributed by atoms with Gasteiger partial charge in [0, 0.05) is 17.9 Å². The van der Waals surface area contributed by atoms with E-state index >= 15 is 0 Å². The fourth-order valence-corrected chi connectivity index (χ4v) is 2.57. The SMILES string of the molecule is C[Si](C)(C)OCC(CBr)c1ccccc1. The van der Waals surface area contributed by atoms with Crippen LogP contribution in [0.25, 0.3) is 0 Å². The zero-order chi connectivity index (χ0) is 11.3. The first-order valence-corrected chi connectivity index (χ1v) is 9.81. The van der Waals surface area contributed by atoms with Crippen LogP contribution in [0.5, 0.6) is 0 Å². The third-order valence-corrected chi connectivity index (χ3v) is 3.99. The largest absolute Gasteiger partial charge is 0.417 e. The Bertz CT molecular complexity index is 281. The Labute approximate surface area is 102 Å². The van der Waals surface area contributed by atoms with Gasteiger partial charge in [-0.3, -0.25) is 0 Å². The van der Waals surface area contributed by atoms with E-state index in [2.05, 4.69) is 59.8 Å². The summed E-state index contributed by atoms with van der Waals surface area (Å²) in [4.78, 5) is 0. The molecule has 84 valence electrons. The molecule has 15 heavy (non-hydrogen) atoms. The monoisotopic (exact) mass is 286 g/mol. The summed E-state index contributed by atoms with van der Waals surface area (Å²) in [5, 5.41) is 0.960. The zero-order valence-corrected chi connectivity index (χ0v) is 12.3. The molecule has 1 unspecified atom stereocenters. The maximum Gasteiger partial charge on any atom is 0.183 e. The minimum absolute atomic E-state index is 0.470. The quantitative estimate of drug-likeness (QED) is 0.587. The van der Waals surface area contributed by atoms with Crippen LogP contribution in [0.1, 0.15) is 11.5 Å². The summed E-state index contributed by atoms with van der Waals surface area (Å²) < 4.78 is 5.95. The summed E-state index contributed by atoms with van der Waals surface area (Å²) >= 11 is 3.56. The third-order valence-electron chi connectivity index (χ3n) is 2.17. The topological polar surface area (TPSA) is 9.23 Å². The molecule has 0 N–H and O–H groups in total. The number of benzene rings is 1. The molecule has 0 aliphatic rings. The first-order chi connectivity index (χ1) is 7.03. The van der Waals surface area contributed by atoms with E-state index in [9.17, 15) is 0 Å². The molecule has 0 aliphatic carbocycles. The van der Waals surface area contributed by atoms with Crippen LogP contribution in [0, 0.1) is 0 Å². The zero-order valence-electron chi connectivity index (χ0n) is 9.66. The Morgan fingerprint density at radius 3 is 2.27 bits per heavy atom. The van der Waals surface area contributed by atoms with E-state index in [-0.39, 0.29) is 0 Å². The molecule has 0 amide bonds. The van der Waals surface area contributed by atoms with Crippen molar-refractivity contribution in [2.24, 2.45) is 0 Å². The van der Waals surface area contributed by atoms with Crippen LogP contribution < -0.4 is 0 Å². The van der Waals surface area contributed by atoms with Crippen LogP contribution in [0.3, 0.4) is 0 Å². The summed E-state index contributed by atoms with van der Waals surface area (Å²) in [6, 6.07) is 10.5. The van der Waals surface area contributed by atoms with Gasteiger partial charge < -0.3 is 4.43 Å². The molecule has 0 spiro atoms. The van der Waals surface area contributed by atoms with Crippen molar-refractivity contribution in [3.63, 3.8) is 0 Å². The van der Waals surface area contributed by atoms with Gasteiger partial charge in [-0.15, -0.1) is 0 Å². The van der Waals surface area contributed by atoms with E-state index in [1.165, 1.54) is 5.56 Å². The van der Waals surface area contributed by atoms with Crippen LogP contribution in [0.2, 0.25) is 19.6 Å². The summed E-state index contributed by atoms with van der Waals surface area (Å²) in [6.07, 6.45) is 0. The van der Waals surface area contributed by atoms with Crippen LogP contribution in [-0.2, 0) is 4.43 Å². The molecule has 0 fully saturated rings. The Hall–Kier alpha value is -0.123. The maximum atomic E-state index is 5.95. The van der Waals surface area contributed by atoms with Crippen molar-refractivity contribution in [3.8, 4) is 0 Å². The molecule has 0 aromatic heterocycles. The van der Waals surface area contributed by atoms with E-state index in [4.69, 9.17) is 4.43 Å². The standard InChI is InChI=1S/C12H19BrOSi/c1-15(2,3)14-10-12(9-13)11-7-5-4-6-8-11/h4-8,12H,9-10H2,1-3H3. The maximum absolute atomic E-state index is 5.95. The van der Waals surface area contributed by atoms with Crippen LogP contribution in [0.15, 0.2) is 30.3 Å². The second kappa shape index (κ2) is 5.82. The second-order valence-corrected chi connectivity index (χ2v) is 9.85. The van der Waals surface area contributed by atoms with Gasteiger partial charge in [0.2, 0.25) is 0 Å². The predicted octanol–water partition coefficient (Wildman–Crippen LogP) is 4.02. The molecule has 0 saturated carbocycles. The molecule has 1 aromatic carbocycles. The number of hydrogen-bond acceptors (Lipinski definition) is 1. The summed E-state index contributed by atoms with van der Waals surface area (Å²) in [5.74, 6) is 0.470. The van der Waals surface area contributed by atoms with Crippen molar-refractivity contribution in [2.75, 3.05) is 11.9 Å². The number of halogens is 1. The Balaban J connectivity index is 2.58. The highest BCUT2D eigenvalue weighted by Crippen LogP contribution is 2.20. The first-order valence-electron chi connectivity index (χ1n) is 5.28. The van der Waals surface area contributed by atoms with Gasteiger partial charge in [-0.2, -0.15) is 0 Å². The molecule has 0 bridgehead atoms. The normalized spacial score (nSPS) is 13.9. The highest BCUT2D eigenvalue weighted by Gasteiger charge is 2.18. The smallest absolute Gasteiger partial charge is 0.183 e. The third kappa shape index (κ3) is 4.95.